The van der Waals surface area contributed by atoms with Crippen molar-refractivity contribution >= 4 is 11.6 Å². The van der Waals surface area contributed by atoms with Crippen molar-refractivity contribution in [3.05, 3.63) is 0 Å². The molecule has 72 valence electrons. The first kappa shape index (κ1) is 10.3. The van der Waals surface area contributed by atoms with Gasteiger partial charge in [0.15, 0.2) is 0 Å². The standard InChI is InChI=1S/C10H20ClN/c1-3-12(7-9(2)6-11)8-10-4-5-10/h9-10H,3-8H2,1-2H3. The molecule has 1 rings (SSSR count). The fourth-order valence-corrected chi connectivity index (χ4v) is 1.59. The Labute approximate surface area is 81.1 Å². The van der Waals surface area contributed by atoms with Gasteiger partial charge in [-0.2, -0.15) is 0 Å². The van der Waals surface area contributed by atoms with Gasteiger partial charge in [-0.25, -0.2) is 0 Å². The molecule has 1 aliphatic carbocycles. The molecule has 0 saturated heterocycles. The Morgan fingerprint density at radius 1 is 1.50 bits per heavy atom. The van der Waals surface area contributed by atoms with Crippen LogP contribution in [0.3, 0.4) is 0 Å². The zero-order valence-corrected chi connectivity index (χ0v) is 8.98. The Hall–Kier alpha value is 0.250. The summed E-state index contributed by atoms with van der Waals surface area (Å²) < 4.78 is 0. The highest BCUT2D eigenvalue weighted by molar-refractivity contribution is 6.18. The van der Waals surface area contributed by atoms with E-state index in [-0.39, 0.29) is 0 Å². The highest BCUT2D eigenvalue weighted by Crippen LogP contribution is 2.29. The first-order chi connectivity index (χ1) is 5.76. The molecule has 0 aromatic heterocycles. The molecule has 1 atom stereocenters. The van der Waals surface area contributed by atoms with Gasteiger partial charge >= 0.3 is 0 Å². The summed E-state index contributed by atoms with van der Waals surface area (Å²) in [5.74, 6) is 2.44. The molecular formula is C10H20ClN. The van der Waals surface area contributed by atoms with Gasteiger partial charge in [-0.05, 0) is 31.2 Å². The van der Waals surface area contributed by atoms with E-state index in [0.717, 1.165) is 11.8 Å². The quantitative estimate of drug-likeness (QED) is 0.581. The molecule has 0 amide bonds. The number of halogens is 1. The lowest BCUT2D eigenvalue weighted by Crippen LogP contribution is -2.30. The molecule has 0 aliphatic heterocycles. The second-order valence-electron chi connectivity index (χ2n) is 4.06. The smallest absolute Gasteiger partial charge is 0.0261 e. The molecule has 0 spiro atoms. The van der Waals surface area contributed by atoms with Crippen LogP contribution in [0.25, 0.3) is 0 Å². The zero-order chi connectivity index (χ0) is 8.97. The highest BCUT2D eigenvalue weighted by atomic mass is 35.5. The van der Waals surface area contributed by atoms with Crippen molar-refractivity contribution in [3.63, 3.8) is 0 Å². The average Bonchev–Trinajstić information content (AvgIpc) is 2.86. The normalized spacial score (nSPS) is 20.0. The molecule has 1 fully saturated rings. The summed E-state index contributed by atoms with van der Waals surface area (Å²) in [7, 11) is 0. The molecule has 1 unspecified atom stereocenters. The summed E-state index contributed by atoms with van der Waals surface area (Å²) in [5, 5.41) is 0. The van der Waals surface area contributed by atoms with Crippen molar-refractivity contribution in [3.8, 4) is 0 Å². The van der Waals surface area contributed by atoms with Crippen molar-refractivity contribution in [2.45, 2.75) is 26.7 Å². The molecule has 1 aliphatic rings. The average molecular weight is 190 g/mol. The lowest BCUT2D eigenvalue weighted by molar-refractivity contribution is 0.248. The topological polar surface area (TPSA) is 3.24 Å². The van der Waals surface area contributed by atoms with Gasteiger partial charge in [-0.3, -0.25) is 0 Å². The number of rotatable bonds is 6. The van der Waals surface area contributed by atoms with Gasteiger partial charge in [0.1, 0.15) is 0 Å². The molecule has 0 aromatic rings. The van der Waals surface area contributed by atoms with E-state index in [1.54, 1.807) is 0 Å². The van der Waals surface area contributed by atoms with Gasteiger partial charge < -0.3 is 4.90 Å². The fourth-order valence-electron chi connectivity index (χ4n) is 1.49. The van der Waals surface area contributed by atoms with E-state index in [2.05, 4.69) is 18.7 Å². The maximum atomic E-state index is 5.78. The van der Waals surface area contributed by atoms with E-state index in [0.29, 0.717) is 5.92 Å². The van der Waals surface area contributed by atoms with Gasteiger partial charge in [0.2, 0.25) is 0 Å². The summed E-state index contributed by atoms with van der Waals surface area (Å²) in [6, 6.07) is 0. The summed E-state index contributed by atoms with van der Waals surface area (Å²) in [6.45, 7) is 8.12. The van der Waals surface area contributed by atoms with Crippen LogP contribution in [0, 0.1) is 11.8 Å². The van der Waals surface area contributed by atoms with Crippen molar-refractivity contribution in [1.82, 2.24) is 4.90 Å². The number of alkyl halides is 1. The Morgan fingerprint density at radius 2 is 2.17 bits per heavy atom. The van der Waals surface area contributed by atoms with E-state index >= 15 is 0 Å². The molecule has 1 saturated carbocycles. The van der Waals surface area contributed by atoms with Crippen molar-refractivity contribution in [2.24, 2.45) is 11.8 Å². The molecule has 1 nitrogen and oxygen atoms in total. The molecule has 0 aromatic carbocycles. The molecular weight excluding hydrogens is 170 g/mol. The van der Waals surface area contributed by atoms with Gasteiger partial charge in [0, 0.05) is 19.0 Å². The SMILES string of the molecule is CCN(CC(C)CCl)CC1CC1. The maximum absolute atomic E-state index is 5.78. The first-order valence-electron chi connectivity index (χ1n) is 5.04. The summed E-state index contributed by atoms with van der Waals surface area (Å²) in [4.78, 5) is 2.53. The summed E-state index contributed by atoms with van der Waals surface area (Å²) in [6.07, 6.45) is 2.90. The van der Waals surface area contributed by atoms with Gasteiger partial charge in [-0.1, -0.05) is 13.8 Å². The Bertz CT molecular complexity index is 123. The maximum Gasteiger partial charge on any atom is 0.0261 e. The number of nitrogens with zero attached hydrogens (tertiary/aromatic N) is 1. The van der Waals surface area contributed by atoms with Crippen molar-refractivity contribution < 1.29 is 0 Å². The van der Waals surface area contributed by atoms with Crippen LogP contribution >= 0.6 is 11.6 Å². The fraction of sp³-hybridized carbons (Fsp3) is 1.00. The molecule has 0 bridgehead atoms. The molecule has 0 radical (unpaired) electrons. The minimum absolute atomic E-state index is 0.644. The third kappa shape index (κ3) is 3.77. The first-order valence-corrected chi connectivity index (χ1v) is 5.58. The van der Waals surface area contributed by atoms with Gasteiger partial charge in [-0.15, -0.1) is 11.6 Å². The third-order valence-electron chi connectivity index (χ3n) is 2.49. The largest absolute Gasteiger partial charge is 0.303 e. The molecule has 2 heteroatoms. The van der Waals surface area contributed by atoms with E-state index in [1.165, 1.54) is 32.5 Å². The summed E-state index contributed by atoms with van der Waals surface area (Å²) >= 11 is 5.78. The van der Waals surface area contributed by atoms with E-state index in [9.17, 15) is 0 Å². The van der Waals surface area contributed by atoms with Crippen LogP contribution in [0.5, 0.6) is 0 Å². The Kier molecular flexibility index (Phi) is 4.38. The van der Waals surface area contributed by atoms with Crippen LogP contribution in [-0.2, 0) is 0 Å². The summed E-state index contributed by atoms with van der Waals surface area (Å²) in [5.41, 5.74) is 0. The van der Waals surface area contributed by atoms with Crippen LogP contribution in [0.4, 0.5) is 0 Å². The van der Waals surface area contributed by atoms with Gasteiger partial charge in [0.05, 0.1) is 0 Å². The van der Waals surface area contributed by atoms with Crippen LogP contribution in [0.1, 0.15) is 26.7 Å². The lowest BCUT2D eigenvalue weighted by Gasteiger charge is -2.22. The van der Waals surface area contributed by atoms with Crippen LogP contribution in [0.2, 0.25) is 0 Å². The number of hydrogen-bond donors (Lipinski definition) is 0. The number of hydrogen-bond acceptors (Lipinski definition) is 1. The predicted molar refractivity (Wildman–Crippen MR) is 54.7 cm³/mol. The van der Waals surface area contributed by atoms with Crippen LogP contribution < -0.4 is 0 Å². The van der Waals surface area contributed by atoms with E-state index < -0.39 is 0 Å². The highest BCUT2D eigenvalue weighted by Gasteiger charge is 2.23. The molecule has 0 heterocycles. The van der Waals surface area contributed by atoms with Crippen molar-refractivity contribution in [1.29, 1.82) is 0 Å². The second-order valence-corrected chi connectivity index (χ2v) is 4.36. The Balaban J connectivity index is 2.14. The molecule has 0 N–H and O–H groups in total. The second kappa shape index (κ2) is 5.08. The minimum Gasteiger partial charge on any atom is -0.303 e. The predicted octanol–water partition coefficient (Wildman–Crippen LogP) is 2.59. The minimum atomic E-state index is 0.644. The zero-order valence-electron chi connectivity index (χ0n) is 8.22. The van der Waals surface area contributed by atoms with Crippen LogP contribution in [-0.4, -0.2) is 30.4 Å². The van der Waals surface area contributed by atoms with Crippen molar-refractivity contribution in [2.75, 3.05) is 25.5 Å². The third-order valence-corrected chi connectivity index (χ3v) is 3.02. The lowest BCUT2D eigenvalue weighted by atomic mass is 10.2. The monoisotopic (exact) mass is 189 g/mol. The van der Waals surface area contributed by atoms with Crippen LogP contribution in [0.15, 0.2) is 0 Å². The molecule has 12 heavy (non-hydrogen) atoms. The van der Waals surface area contributed by atoms with E-state index in [1.807, 2.05) is 0 Å². The van der Waals surface area contributed by atoms with E-state index in [4.69, 9.17) is 11.6 Å². The Morgan fingerprint density at radius 3 is 2.58 bits per heavy atom. The van der Waals surface area contributed by atoms with Gasteiger partial charge in [0.25, 0.3) is 0 Å².